The van der Waals surface area contributed by atoms with Crippen LogP contribution in [0, 0.1) is 4.91 Å². The van der Waals surface area contributed by atoms with E-state index in [0.29, 0.717) is 0 Å². The zero-order valence-corrected chi connectivity index (χ0v) is 8.13. The van der Waals surface area contributed by atoms with Crippen molar-refractivity contribution in [2.75, 3.05) is 0 Å². The van der Waals surface area contributed by atoms with Gasteiger partial charge in [-0.2, -0.15) is 4.91 Å². The van der Waals surface area contributed by atoms with E-state index >= 15 is 0 Å². The van der Waals surface area contributed by atoms with Crippen molar-refractivity contribution < 1.29 is 23.7 Å². The molecule has 6 atom stereocenters. The lowest BCUT2D eigenvalue weighted by molar-refractivity contribution is -0.144. The summed E-state index contributed by atoms with van der Waals surface area (Å²) in [4.78, 5) is 10.3. The molecule has 1 aliphatic rings. The molecule has 0 amide bonds. The summed E-state index contributed by atoms with van der Waals surface area (Å²) < 4.78 is 24.2. The quantitative estimate of drug-likeness (QED) is 0.402. The van der Waals surface area contributed by atoms with Crippen LogP contribution in [0.25, 0.3) is 0 Å². The van der Waals surface area contributed by atoms with Gasteiger partial charge in [0.05, 0.1) is 6.10 Å². The van der Waals surface area contributed by atoms with Crippen LogP contribution >= 0.6 is 0 Å². The predicted octanol–water partition coefficient (Wildman–Crippen LogP) is -1.19. The van der Waals surface area contributed by atoms with Gasteiger partial charge < -0.3 is 19.5 Å². The van der Waals surface area contributed by atoms with Crippen LogP contribution < -0.4 is 0 Å². The molecule has 8 heteroatoms. The highest BCUT2D eigenvalue weighted by atomic mass is 32.2. The third-order valence-electron chi connectivity index (χ3n) is 2.13. The number of nitrogens with zero attached hydrogens (tertiary/aromatic N) is 1. The van der Waals surface area contributed by atoms with Gasteiger partial charge in [-0.15, -0.1) is 0 Å². The summed E-state index contributed by atoms with van der Waals surface area (Å²) in [5, 5.41) is 21.2. The van der Waals surface area contributed by atoms with Crippen LogP contribution in [0.3, 0.4) is 0 Å². The van der Waals surface area contributed by atoms with E-state index in [1.165, 1.54) is 6.92 Å². The minimum atomic E-state index is -2.42. The molecule has 82 valence electrons. The van der Waals surface area contributed by atoms with Crippen LogP contribution in [0.2, 0.25) is 0 Å². The standard InChI is InChI=1S/C6H11NO6S/c1-2-3(7-10)4(8)5(9)6(13-2)14(11)12/h2-6,8-9H,1H3,(H,11,12)/t2-,3-,4+,5+,6?/m0/s1. The molecule has 1 rings (SSSR count). The van der Waals surface area contributed by atoms with Gasteiger partial charge in [0.2, 0.25) is 0 Å². The molecule has 0 aromatic carbocycles. The Morgan fingerprint density at radius 2 is 1.93 bits per heavy atom. The van der Waals surface area contributed by atoms with Crippen LogP contribution in [0.4, 0.5) is 0 Å². The first-order valence-electron chi connectivity index (χ1n) is 3.92. The largest absolute Gasteiger partial charge is 0.388 e. The van der Waals surface area contributed by atoms with E-state index in [9.17, 15) is 19.3 Å². The Bertz CT molecular complexity index is 246. The van der Waals surface area contributed by atoms with Gasteiger partial charge >= 0.3 is 0 Å². The normalized spacial score (nSPS) is 45.9. The summed E-state index contributed by atoms with van der Waals surface area (Å²) in [6.07, 6.45) is -3.86. The third kappa shape index (κ3) is 1.98. The highest BCUT2D eigenvalue weighted by molar-refractivity contribution is 7.79. The van der Waals surface area contributed by atoms with E-state index in [1.807, 2.05) is 0 Å². The van der Waals surface area contributed by atoms with Gasteiger partial charge in [0, 0.05) is 0 Å². The molecule has 1 saturated heterocycles. The topological polar surface area (TPSA) is 116 Å². The Balaban J connectivity index is 2.82. The van der Waals surface area contributed by atoms with E-state index in [2.05, 4.69) is 5.18 Å². The zero-order valence-electron chi connectivity index (χ0n) is 7.31. The maximum atomic E-state index is 10.7. The number of nitroso groups, excluding NO2 is 1. The summed E-state index contributed by atoms with van der Waals surface area (Å²) in [6.45, 7) is 1.43. The monoisotopic (exact) mass is 225 g/mol. The van der Waals surface area contributed by atoms with Crippen molar-refractivity contribution in [1.29, 1.82) is 0 Å². The number of hydrogen-bond acceptors (Lipinski definition) is 6. The second-order valence-corrected chi connectivity index (χ2v) is 4.08. The molecule has 0 radical (unpaired) electrons. The molecule has 3 N–H and O–H groups in total. The van der Waals surface area contributed by atoms with Gasteiger partial charge in [0.25, 0.3) is 0 Å². The molecule has 0 spiro atoms. The van der Waals surface area contributed by atoms with Gasteiger partial charge in [-0.3, -0.25) is 0 Å². The number of hydrogen-bond donors (Lipinski definition) is 3. The zero-order chi connectivity index (χ0) is 10.9. The van der Waals surface area contributed by atoms with Crippen molar-refractivity contribution in [3.05, 3.63) is 4.91 Å². The molecule has 0 bridgehead atoms. The first kappa shape index (κ1) is 11.7. The van der Waals surface area contributed by atoms with E-state index < -0.39 is 40.9 Å². The lowest BCUT2D eigenvalue weighted by Gasteiger charge is -2.36. The highest BCUT2D eigenvalue weighted by Crippen LogP contribution is 2.24. The molecule has 0 aromatic rings. The maximum absolute atomic E-state index is 10.7. The molecule has 7 nitrogen and oxygen atoms in total. The van der Waals surface area contributed by atoms with Crippen molar-refractivity contribution in [1.82, 2.24) is 0 Å². The second-order valence-electron chi connectivity index (χ2n) is 3.06. The fourth-order valence-corrected chi connectivity index (χ4v) is 2.00. The minimum absolute atomic E-state index is 0.799. The summed E-state index contributed by atoms with van der Waals surface area (Å²) in [7, 11) is 0. The minimum Gasteiger partial charge on any atom is -0.388 e. The van der Waals surface area contributed by atoms with E-state index in [1.54, 1.807) is 0 Å². The van der Waals surface area contributed by atoms with Gasteiger partial charge in [0.1, 0.15) is 18.2 Å². The Labute approximate surface area is 82.3 Å². The van der Waals surface area contributed by atoms with Crippen molar-refractivity contribution in [2.45, 2.75) is 36.7 Å². The smallest absolute Gasteiger partial charge is 0.186 e. The molecule has 1 aliphatic heterocycles. The average molecular weight is 225 g/mol. The second kappa shape index (κ2) is 4.41. The average Bonchev–Trinajstić information content (AvgIpc) is 2.12. The van der Waals surface area contributed by atoms with Crippen molar-refractivity contribution in [3.63, 3.8) is 0 Å². The van der Waals surface area contributed by atoms with Crippen LogP contribution in [0.1, 0.15) is 6.92 Å². The van der Waals surface area contributed by atoms with Crippen molar-refractivity contribution >= 4 is 11.1 Å². The SMILES string of the molecule is C[C@@H]1OC(S(=O)O)[C@H](O)[C@H](O)[C@H]1N=O. The fourth-order valence-electron chi connectivity index (χ4n) is 1.33. The van der Waals surface area contributed by atoms with Crippen molar-refractivity contribution in [3.8, 4) is 0 Å². The third-order valence-corrected chi connectivity index (χ3v) is 2.92. The van der Waals surface area contributed by atoms with Gasteiger partial charge in [-0.05, 0) is 6.92 Å². The first-order chi connectivity index (χ1) is 6.49. The number of ether oxygens (including phenoxy) is 1. The summed E-state index contributed by atoms with van der Waals surface area (Å²) in [6, 6.07) is -1.12. The number of rotatable bonds is 2. The molecule has 14 heavy (non-hydrogen) atoms. The molecule has 2 unspecified atom stereocenters. The molecular weight excluding hydrogens is 214 g/mol. The van der Waals surface area contributed by atoms with Gasteiger partial charge in [-0.25, -0.2) is 4.21 Å². The number of aliphatic hydroxyl groups excluding tert-OH is 2. The Morgan fingerprint density at radius 1 is 1.36 bits per heavy atom. The molecule has 1 heterocycles. The van der Waals surface area contributed by atoms with Crippen LogP contribution in [0.5, 0.6) is 0 Å². The summed E-state index contributed by atoms with van der Waals surface area (Å²) in [5.74, 6) is 0. The molecule has 0 saturated carbocycles. The van der Waals surface area contributed by atoms with Crippen LogP contribution in [-0.2, 0) is 15.8 Å². The summed E-state index contributed by atoms with van der Waals surface area (Å²) in [5.41, 5.74) is -1.40. The van der Waals surface area contributed by atoms with Gasteiger partial charge in [0.15, 0.2) is 16.5 Å². The molecular formula is C6H11NO6S. The Hall–Kier alpha value is -0.410. The van der Waals surface area contributed by atoms with E-state index in [0.717, 1.165) is 0 Å². The van der Waals surface area contributed by atoms with E-state index in [4.69, 9.17) is 9.29 Å². The predicted molar refractivity (Wildman–Crippen MR) is 46.7 cm³/mol. The lowest BCUT2D eigenvalue weighted by Crippen LogP contribution is -2.56. The Morgan fingerprint density at radius 3 is 2.36 bits per heavy atom. The van der Waals surface area contributed by atoms with E-state index in [-0.39, 0.29) is 0 Å². The fraction of sp³-hybridized carbons (Fsp3) is 1.00. The van der Waals surface area contributed by atoms with Crippen LogP contribution in [-0.4, -0.2) is 48.8 Å². The first-order valence-corrected chi connectivity index (χ1v) is 5.09. The van der Waals surface area contributed by atoms with Crippen LogP contribution in [0.15, 0.2) is 5.18 Å². The van der Waals surface area contributed by atoms with Crippen molar-refractivity contribution in [2.24, 2.45) is 5.18 Å². The summed E-state index contributed by atoms with van der Waals surface area (Å²) >= 11 is -2.42. The maximum Gasteiger partial charge on any atom is 0.186 e. The lowest BCUT2D eigenvalue weighted by atomic mass is 9.99. The van der Waals surface area contributed by atoms with Gasteiger partial charge in [-0.1, -0.05) is 5.18 Å². The Kier molecular flexibility index (Phi) is 3.67. The molecule has 1 fully saturated rings. The number of aliphatic hydroxyl groups is 2. The highest BCUT2D eigenvalue weighted by Gasteiger charge is 2.46. The molecule has 0 aromatic heterocycles. The molecule has 0 aliphatic carbocycles.